The first-order valence-corrected chi connectivity index (χ1v) is 9.80. The Kier molecular flexibility index (Phi) is 6.26. The first kappa shape index (κ1) is 19.5. The number of aryl methyl sites for hydroxylation is 1. The van der Waals surface area contributed by atoms with Gasteiger partial charge in [-0.3, -0.25) is 9.69 Å². The third kappa shape index (κ3) is 4.55. The predicted octanol–water partition coefficient (Wildman–Crippen LogP) is 2.47. The molecule has 0 radical (unpaired) electrons. The number of furan rings is 1. The van der Waals surface area contributed by atoms with Crippen molar-refractivity contribution in [2.45, 2.75) is 46.7 Å². The third-order valence-electron chi connectivity index (χ3n) is 5.10. The van der Waals surface area contributed by atoms with E-state index in [1.54, 1.807) is 12.1 Å². The predicted molar refractivity (Wildman–Crippen MR) is 101 cm³/mol. The number of hydrogen-bond donors (Lipinski definition) is 0. The number of carbonyl (C=O) groups is 1. The summed E-state index contributed by atoms with van der Waals surface area (Å²) in [5.41, 5.74) is 0. The molecule has 1 saturated heterocycles. The van der Waals surface area contributed by atoms with E-state index in [2.05, 4.69) is 48.1 Å². The molecule has 1 amide bonds. The minimum absolute atomic E-state index is 0.0393. The van der Waals surface area contributed by atoms with Crippen molar-refractivity contribution in [3.8, 4) is 0 Å². The van der Waals surface area contributed by atoms with E-state index < -0.39 is 0 Å². The van der Waals surface area contributed by atoms with Gasteiger partial charge in [0.05, 0.1) is 12.3 Å². The maximum absolute atomic E-state index is 12.5. The highest BCUT2D eigenvalue weighted by Crippen LogP contribution is 2.28. The number of tetrazole rings is 1. The molecular weight excluding hydrogens is 344 g/mol. The van der Waals surface area contributed by atoms with Gasteiger partial charge in [-0.1, -0.05) is 27.7 Å². The molecule has 1 atom stereocenters. The quantitative estimate of drug-likeness (QED) is 0.741. The molecule has 0 saturated carbocycles. The summed E-state index contributed by atoms with van der Waals surface area (Å²) in [6, 6.07) is 3.61. The topological polar surface area (TPSA) is 80.3 Å². The van der Waals surface area contributed by atoms with Crippen LogP contribution in [-0.4, -0.2) is 62.1 Å². The van der Waals surface area contributed by atoms with Crippen LogP contribution >= 0.6 is 0 Å². The fourth-order valence-electron chi connectivity index (χ4n) is 3.61. The van der Waals surface area contributed by atoms with E-state index in [-0.39, 0.29) is 11.9 Å². The molecule has 1 aliphatic rings. The van der Waals surface area contributed by atoms with Crippen LogP contribution in [0.5, 0.6) is 0 Å². The van der Waals surface area contributed by atoms with Gasteiger partial charge < -0.3 is 9.32 Å². The van der Waals surface area contributed by atoms with Crippen LogP contribution in [0.2, 0.25) is 0 Å². The summed E-state index contributed by atoms with van der Waals surface area (Å²) in [6.45, 7) is 12.6. The second kappa shape index (κ2) is 8.65. The number of carbonyl (C=O) groups excluding carboxylic acids is 1. The van der Waals surface area contributed by atoms with Crippen LogP contribution in [0.15, 0.2) is 22.8 Å². The standard InChI is InChI=1S/C19H30N6O2/c1-14(2)7-8-25-18(20-21-22-25)17(15(3)4)23-9-11-24(12-10-23)19(26)16-6-5-13-27-16/h5-6,13-15,17H,7-12H2,1-4H3. The van der Waals surface area contributed by atoms with Crippen molar-refractivity contribution in [1.82, 2.24) is 30.0 Å². The van der Waals surface area contributed by atoms with Gasteiger partial charge in [-0.05, 0) is 40.8 Å². The Morgan fingerprint density at radius 1 is 1.19 bits per heavy atom. The molecule has 8 heteroatoms. The molecule has 0 spiro atoms. The molecular formula is C19H30N6O2. The van der Waals surface area contributed by atoms with Gasteiger partial charge in [-0.15, -0.1) is 5.10 Å². The second-order valence-electron chi connectivity index (χ2n) is 7.94. The van der Waals surface area contributed by atoms with Crippen molar-refractivity contribution in [1.29, 1.82) is 0 Å². The van der Waals surface area contributed by atoms with Crippen molar-refractivity contribution in [3.63, 3.8) is 0 Å². The molecule has 1 aliphatic heterocycles. The van der Waals surface area contributed by atoms with E-state index in [4.69, 9.17) is 4.42 Å². The monoisotopic (exact) mass is 374 g/mol. The van der Waals surface area contributed by atoms with Crippen LogP contribution in [0, 0.1) is 11.8 Å². The van der Waals surface area contributed by atoms with Crippen molar-refractivity contribution >= 4 is 5.91 Å². The lowest BCUT2D eigenvalue weighted by atomic mass is 10.0. The van der Waals surface area contributed by atoms with Crippen molar-refractivity contribution < 1.29 is 9.21 Å². The number of piperazine rings is 1. The van der Waals surface area contributed by atoms with Gasteiger partial charge in [0.15, 0.2) is 11.6 Å². The van der Waals surface area contributed by atoms with Crippen LogP contribution < -0.4 is 0 Å². The first-order chi connectivity index (χ1) is 13.0. The summed E-state index contributed by atoms with van der Waals surface area (Å²) >= 11 is 0. The number of amides is 1. The van der Waals surface area contributed by atoms with Crippen LogP contribution in [0.1, 0.15) is 56.5 Å². The zero-order chi connectivity index (χ0) is 19.4. The van der Waals surface area contributed by atoms with E-state index in [0.717, 1.165) is 31.9 Å². The molecule has 2 aromatic heterocycles. The highest BCUT2D eigenvalue weighted by Gasteiger charge is 2.33. The molecule has 3 rings (SSSR count). The average molecular weight is 374 g/mol. The number of rotatable bonds is 7. The molecule has 0 aliphatic carbocycles. The highest BCUT2D eigenvalue weighted by atomic mass is 16.3. The number of hydrogen-bond acceptors (Lipinski definition) is 6. The van der Waals surface area contributed by atoms with Gasteiger partial charge in [-0.25, -0.2) is 4.68 Å². The summed E-state index contributed by atoms with van der Waals surface area (Å²) in [6.07, 6.45) is 2.59. The summed E-state index contributed by atoms with van der Waals surface area (Å²) in [5.74, 6) is 2.28. The van der Waals surface area contributed by atoms with Crippen LogP contribution in [-0.2, 0) is 6.54 Å². The Balaban J connectivity index is 1.67. The summed E-state index contributed by atoms with van der Waals surface area (Å²) in [5, 5.41) is 12.5. The normalized spacial score (nSPS) is 17.0. The summed E-state index contributed by atoms with van der Waals surface area (Å²) in [7, 11) is 0. The van der Waals surface area contributed by atoms with E-state index in [1.807, 2.05) is 9.58 Å². The molecule has 0 aromatic carbocycles. The number of aromatic nitrogens is 4. The van der Waals surface area contributed by atoms with Gasteiger partial charge in [0.25, 0.3) is 5.91 Å². The van der Waals surface area contributed by atoms with Gasteiger partial charge in [0.1, 0.15) is 0 Å². The molecule has 0 N–H and O–H groups in total. The fraction of sp³-hybridized carbons (Fsp3) is 0.684. The van der Waals surface area contributed by atoms with E-state index >= 15 is 0 Å². The van der Waals surface area contributed by atoms with Crippen LogP contribution in [0.4, 0.5) is 0 Å². The second-order valence-corrected chi connectivity index (χ2v) is 7.94. The smallest absolute Gasteiger partial charge is 0.289 e. The molecule has 0 bridgehead atoms. The Labute approximate surface area is 160 Å². The fourth-order valence-corrected chi connectivity index (χ4v) is 3.61. The molecule has 3 heterocycles. The average Bonchev–Trinajstić information content (AvgIpc) is 3.32. The Bertz CT molecular complexity index is 716. The maximum atomic E-state index is 12.5. The lowest BCUT2D eigenvalue weighted by Crippen LogP contribution is -2.50. The minimum atomic E-state index is -0.0393. The van der Waals surface area contributed by atoms with E-state index in [0.29, 0.717) is 30.7 Å². The Hall–Kier alpha value is -2.22. The third-order valence-corrected chi connectivity index (χ3v) is 5.10. The summed E-state index contributed by atoms with van der Waals surface area (Å²) < 4.78 is 7.20. The summed E-state index contributed by atoms with van der Waals surface area (Å²) in [4.78, 5) is 16.7. The van der Waals surface area contributed by atoms with Gasteiger partial charge in [-0.2, -0.15) is 0 Å². The highest BCUT2D eigenvalue weighted by molar-refractivity contribution is 5.91. The lowest BCUT2D eigenvalue weighted by Gasteiger charge is -2.40. The molecule has 8 nitrogen and oxygen atoms in total. The van der Waals surface area contributed by atoms with Gasteiger partial charge in [0, 0.05) is 32.7 Å². The largest absolute Gasteiger partial charge is 0.459 e. The zero-order valence-corrected chi connectivity index (χ0v) is 16.7. The molecule has 1 fully saturated rings. The zero-order valence-electron chi connectivity index (χ0n) is 16.7. The van der Waals surface area contributed by atoms with Crippen molar-refractivity contribution in [2.24, 2.45) is 11.8 Å². The minimum Gasteiger partial charge on any atom is -0.459 e. The number of nitrogens with zero attached hydrogens (tertiary/aromatic N) is 6. The van der Waals surface area contributed by atoms with Crippen molar-refractivity contribution in [2.75, 3.05) is 26.2 Å². The Morgan fingerprint density at radius 3 is 2.52 bits per heavy atom. The molecule has 1 unspecified atom stereocenters. The van der Waals surface area contributed by atoms with Crippen molar-refractivity contribution in [3.05, 3.63) is 30.0 Å². The molecule has 27 heavy (non-hydrogen) atoms. The van der Waals surface area contributed by atoms with Gasteiger partial charge >= 0.3 is 0 Å². The molecule has 148 valence electrons. The Morgan fingerprint density at radius 2 is 1.93 bits per heavy atom. The van der Waals surface area contributed by atoms with Gasteiger partial charge in [0.2, 0.25) is 0 Å². The van der Waals surface area contributed by atoms with Crippen LogP contribution in [0.3, 0.4) is 0 Å². The van der Waals surface area contributed by atoms with E-state index in [9.17, 15) is 4.79 Å². The van der Waals surface area contributed by atoms with Crippen LogP contribution in [0.25, 0.3) is 0 Å². The molecule has 2 aromatic rings. The lowest BCUT2D eigenvalue weighted by molar-refractivity contribution is 0.0463. The SMILES string of the molecule is CC(C)CCn1nnnc1C(C(C)C)N1CCN(C(=O)c2ccco2)CC1. The first-order valence-electron chi connectivity index (χ1n) is 9.80. The van der Waals surface area contributed by atoms with E-state index in [1.165, 1.54) is 6.26 Å². The maximum Gasteiger partial charge on any atom is 0.289 e.